The lowest BCUT2D eigenvalue weighted by Gasteiger charge is -2.34. The summed E-state index contributed by atoms with van der Waals surface area (Å²) in [6.45, 7) is 0. The van der Waals surface area contributed by atoms with E-state index in [0.29, 0.717) is 0 Å². The second kappa shape index (κ2) is 12.8. The van der Waals surface area contributed by atoms with Gasteiger partial charge < -0.3 is 0 Å². The maximum atomic E-state index is 2.45. The maximum Gasteiger partial charge on any atom is 0.0713 e. The largest absolute Gasteiger partial charge is 0.0713 e. The van der Waals surface area contributed by atoms with Crippen molar-refractivity contribution in [3.63, 3.8) is 0 Å². The molecule has 1 aliphatic carbocycles. The van der Waals surface area contributed by atoms with Crippen LogP contribution in [0.4, 0.5) is 0 Å². The highest BCUT2D eigenvalue weighted by molar-refractivity contribution is 5.90. The first-order valence-corrected chi connectivity index (χ1v) is 18.4. The van der Waals surface area contributed by atoms with Crippen molar-refractivity contribution in [3.05, 3.63) is 241 Å². The summed E-state index contributed by atoms with van der Waals surface area (Å²) in [4.78, 5) is 0. The molecule has 0 amide bonds. The molecule has 0 atom stereocenters. The Balaban J connectivity index is 1.05. The van der Waals surface area contributed by atoms with Crippen LogP contribution in [-0.4, -0.2) is 0 Å². The number of hydrogen-bond acceptors (Lipinski definition) is 0. The zero-order valence-electron chi connectivity index (χ0n) is 29.3. The van der Waals surface area contributed by atoms with Crippen LogP contribution in [0.3, 0.4) is 0 Å². The molecule has 0 aromatic heterocycles. The van der Waals surface area contributed by atoms with Crippen LogP contribution in [0.5, 0.6) is 0 Å². The summed E-state index contributed by atoms with van der Waals surface area (Å²) in [7, 11) is 0. The van der Waals surface area contributed by atoms with Crippen LogP contribution in [0.15, 0.2) is 218 Å². The van der Waals surface area contributed by atoms with E-state index >= 15 is 0 Å². The maximum absolute atomic E-state index is 2.45. The predicted octanol–water partition coefficient (Wildman–Crippen LogP) is 13.9. The first-order valence-electron chi connectivity index (χ1n) is 18.4. The molecule has 1 aliphatic rings. The summed E-state index contributed by atoms with van der Waals surface area (Å²) in [5, 5.41) is 2.52. The summed E-state index contributed by atoms with van der Waals surface area (Å²) in [6, 6.07) is 80.3. The Kier molecular flexibility index (Phi) is 7.48. The predicted molar refractivity (Wildman–Crippen MR) is 223 cm³/mol. The van der Waals surface area contributed by atoms with Gasteiger partial charge in [0.15, 0.2) is 0 Å². The van der Waals surface area contributed by atoms with Gasteiger partial charge in [-0.25, -0.2) is 0 Å². The van der Waals surface area contributed by atoms with Gasteiger partial charge in [-0.05, 0) is 119 Å². The van der Waals surface area contributed by atoms with Crippen molar-refractivity contribution in [3.8, 4) is 55.6 Å². The Morgan fingerprint density at radius 3 is 1.21 bits per heavy atom. The lowest BCUT2D eigenvalue weighted by atomic mass is 9.67. The van der Waals surface area contributed by atoms with Gasteiger partial charge in [-0.15, -0.1) is 0 Å². The van der Waals surface area contributed by atoms with Gasteiger partial charge in [0.2, 0.25) is 0 Å². The van der Waals surface area contributed by atoms with Gasteiger partial charge in [-0.1, -0.05) is 188 Å². The highest BCUT2D eigenvalue weighted by atomic mass is 14.5. The van der Waals surface area contributed by atoms with Crippen LogP contribution >= 0.6 is 0 Å². The molecule has 0 unspecified atom stereocenters. The number of hydrogen-bond donors (Lipinski definition) is 0. The van der Waals surface area contributed by atoms with Crippen LogP contribution in [0.1, 0.15) is 22.3 Å². The van der Waals surface area contributed by atoms with Crippen molar-refractivity contribution in [1.29, 1.82) is 0 Å². The molecule has 0 N–H and O–H groups in total. The molecule has 0 heteroatoms. The van der Waals surface area contributed by atoms with Gasteiger partial charge in [-0.2, -0.15) is 0 Å². The number of fused-ring (bicyclic) bond motifs is 4. The van der Waals surface area contributed by atoms with Crippen molar-refractivity contribution in [2.75, 3.05) is 0 Å². The molecule has 53 heavy (non-hydrogen) atoms. The minimum absolute atomic E-state index is 0.419. The molecule has 9 aromatic rings. The van der Waals surface area contributed by atoms with Gasteiger partial charge in [-0.3, -0.25) is 0 Å². The van der Waals surface area contributed by atoms with Crippen molar-refractivity contribution >= 4 is 10.8 Å². The molecule has 0 saturated heterocycles. The third-order valence-corrected chi connectivity index (χ3v) is 11.1. The molecule has 0 aliphatic heterocycles. The smallest absolute Gasteiger partial charge is 0.0622 e. The standard InChI is InChI=1S/C53H36/c1-3-22-47(23-4-1)53(48-24-5-2-6-25-48)51-27-10-9-26-49(51)50-31-30-46(36-52(50)53)44-21-13-19-42(35-44)40-17-11-16-39(33-40)41-18-12-20-43(34-41)45-29-28-37-14-7-8-15-38(37)32-45/h1-36H. The van der Waals surface area contributed by atoms with Crippen molar-refractivity contribution in [2.24, 2.45) is 0 Å². The highest BCUT2D eigenvalue weighted by Gasteiger charge is 2.46. The third kappa shape index (κ3) is 5.22. The quantitative estimate of drug-likeness (QED) is 0.165. The molecule has 0 nitrogen and oxygen atoms in total. The second-order valence-corrected chi connectivity index (χ2v) is 14.1. The van der Waals surface area contributed by atoms with Crippen molar-refractivity contribution in [2.45, 2.75) is 5.41 Å². The lowest BCUT2D eigenvalue weighted by molar-refractivity contribution is 0.769. The van der Waals surface area contributed by atoms with E-state index in [1.807, 2.05) is 0 Å². The molecule has 9 aromatic carbocycles. The highest BCUT2D eigenvalue weighted by Crippen LogP contribution is 2.56. The molecule has 10 rings (SSSR count). The first kappa shape index (κ1) is 31.0. The van der Waals surface area contributed by atoms with Gasteiger partial charge in [0.1, 0.15) is 0 Å². The first-order chi connectivity index (χ1) is 26.3. The fourth-order valence-electron chi connectivity index (χ4n) is 8.63. The van der Waals surface area contributed by atoms with Crippen LogP contribution < -0.4 is 0 Å². The monoisotopic (exact) mass is 672 g/mol. The van der Waals surface area contributed by atoms with E-state index in [0.717, 1.165) is 0 Å². The van der Waals surface area contributed by atoms with Crippen LogP contribution in [0, 0.1) is 0 Å². The Labute approximate surface area is 311 Å². The second-order valence-electron chi connectivity index (χ2n) is 14.1. The SMILES string of the molecule is c1ccc(C2(c3ccccc3)c3ccccc3-c3ccc(-c4cccc(-c5cccc(-c6cccc(-c7ccc8ccccc8c7)c6)c5)c4)cc32)cc1. The van der Waals surface area contributed by atoms with E-state index < -0.39 is 5.41 Å². The van der Waals surface area contributed by atoms with E-state index in [4.69, 9.17) is 0 Å². The van der Waals surface area contributed by atoms with Gasteiger partial charge in [0.25, 0.3) is 0 Å². The molecule has 0 spiro atoms. The fraction of sp³-hybridized carbons (Fsp3) is 0.0189. The average molecular weight is 673 g/mol. The zero-order chi connectivity index (χ0) is 35.2. The Bertz CT molecular complexity index is 2730. The van der Waals surface area contributed by atoms with E-state index in [1.54, 1.807) is 0 Å². The molecular formula is C53H36. The summed E-state index contributed by atoms with van der Waals surface area (Å²) in [5.41, 5.74) is 17.1. The van der Waals surface area contributed by atoms with Crippen LogP contribution in [0.25, 0.3) is 66.4 Å². The normalized spacial score (nSPS) is 12.7. The minimum atomic E-state index is -0.419. The summed E-state index contributed by atoms with van der Waals surface area (Å²) >= 11 is 0. The lowest BCUT2D eigenvalue weighted by Crippen LogP contribution is -2.28. The number of rotatable bonds is 6. The fourth-order valence-corrected chi connectivity index (χ4v) is 8.63. The molecule has 0 bridgehead atoms. The Hall–Kier alpha value is -6.76. The molecular weight excluding hydrogens is 637 g/mol. The van der Waals surface area contributed by atoms with Crippen molar-refractivity contribution in [1.82, 2.24) is 0 Å². The average Bonchev–Trinajstić information content (AvgIpc) is 3.55. The molecule has 0 fully saturated rings. The molecule has 0 radical (unpaired) electrons. The van der Waals surface area contributed by atoms with Gasteiger partial charge in [0.05, 0.1) is 5.41 Å². The van der Waals surface area contributed by atoms with E-state index in [9.17, 15) is 0 Å². The topological polar surface area (TPSA) is 0 Å². The Morgan fingerprint density at radius 2 is 0.642 bits per heavy atom. The molecule has 248 valence electrons. The molecule has 0 heterocycles. The minimum Gasteiger partial charge on any atom is -0.0622 e. The molecule has 0 saturated carbocycles. The third-order valence-electron chi connectivity index (χ3n) is 11.1. The van der Waals surface area contributed by atoms with Crippen LogP contribution in [-0.2, 0) is 5.41 Å². The van der Waals surface area contributed by atoms with Gasteiger partial charge >= 0.3 is 0 Å². The van der Waals surface area contributed by atoms with Crippen molar-refractivity contribution < 1.29 is 0 Å². The summed E-state index contributed by atoms with van der Waals surface area (Å²) in [6.07, 6.45) is 0. The van der Waals surface area contributed by atoms with E-state index in [1.165, 1.54) is 88.7 Å². The summed E-state index contributed by atoms with van der Waals surface area (Å²) in [5.74, 6) is 0. The van der Waals surface area contributed by atoms with E-state index in [2.05, 4.69) is 218 Å². The Morgan fingerprint density at radius 1 is 0.226 bits per heavy atom. The summed E-state index contributed by atoms with van der Waals surface area (Å²) < 4.78 is 0. The van der Waals surface area contributed by atoms with E-state index in [-0.39, 0.29) is 0 Å². The van der Waals surface area contributed by atoms with Crippen LogP contribution in [0.2, 0.25) is 0 Å². The zero-order valence-corrected chi connectivity index (χ0v) is 29.3. The number of benzene rings is 9. The van der Waals surface area contributed by atoms with Gasteiger partial charge in [0, 0.05) is 0 Å².